The van der Waals surface area contributed by atoms with Gasteiger partial charge in [0.2, 0.25) is 5.91 Å². The standard InChI is InChI=1S/C10H16N2O3/c1-2-6-7-4-3-5-12(7)8(10(14)15)9(13)11-6/h6-8H,2-5H2,1H3,(H,11,13)(H,14,15)/t6?,7-,8?/m0/s1. The summed E-state index contributed by atoms with van der Waals surface area (Å²) in [5.74, 6) is -1.39. The molecule has 0 bridgehead atoms. The molecular weight excluding hydrogens is 196 g/mol. The van der Waals surface area contributed by atoms with Gasteiger partial charge in [0, 0.05) is 12.1 Å². The summed E-state index contributed by atoms with van der Waals surface area (Å²) in [6, 6.07) is -0.635. The van der Waals surface area contributed by atoms with Crippen LogP contribution in [0.1, 0.15) is 26.2 Å². The highest BCUT2D eigenvalue weighted by atomic mass is 16.4. The number of nitrogens with one attached hydrogen (secondary N) is 1. The maximum Gasteiger partial charge on any atom is 0.330 e. The number of amides is 1. The van der Waals surface area contributed by atoms with Gasteiger partial charge in [-0.1, -0.05) is 6.92 Å². The largest absolute Gasteiger partial charge is 0.480 e. The van der Waals surface area contributed by atoms with Crippen molar-refractivity contribution in [2.24, 2.45) is 0 Å². The van der Waals surface area contributed by atoms with Gasteiger partial charge in [-0.15, -0.1) is 0 Å². The van der Waals surface area contributed by atoms with E-state index in [1.54, 1.807) is 0 Å². The van der Waals surface area contributed by atoms with Crippen molar-refractivity contribution in [3.63, 3.8) is 0 Å². The summed E-state index contributed by atoms with van der Waals surface area (Å²) in [4.78, 5) is 24.5. The molecule has 0 radical (unpaired) electrons. The number of fused-ring (bicyclic) bond motifs is 1. The minimum absolute atomic E-state index is 0.121. The average molecular weight is 212 g/mol. The van der Waals surface area contributed by atoms with E-state index in [1.165, 1.54) is 0 Å². The first kappa shape index (κ1) is 10.4. The highest BCUT2D eigenvalue weighted by Crippen LogP contribution is 2.27. The van der Waals surface area contributed by atoms with Gasteiger partial charge >= 0.3 is 5.97 Å². The zero-order valence-corrected chi connectivity index (χ0v) is 8.77. The molecule has 0 spiro atoms. The lowest BCUT2D eigenvalue weighted by Gasteiger charge is -2.40. The van der Waals surface area contributed by atoms with Crippen LogP contribution in [-0.2, 0) is 9.59 Å². The molecule has 2 fully saturated rings. The number of carbonyl (C=O) groups excluding carboxylic acids is 1. The zero-order chi connectivity index (χ0) is 11.0. The molecule has 0 saturated carbocycles. The van der Waals surface area contributed by atoms with Crippen LogP contribution < -0.4 is 5.32 Å². The molecule has 0 aromatic rings. The molecule has 2 heterocycles. The van der Waals surface area contributed by atoms with Crippen LogP contribution in [0.3, 0.4) is 0 Å². The Kier molecular flexibility index (Phi) is 2.65. The van der Waals surface area contributed by atoms with Crippen LogP contribution in [0.5, 0.6) is 0 Å². The molecule has 2 rings (SSSR count). The van der Waals surface area contributed by atoms with Crippen LogP contribution >= 0.6 is 0 Å². The number of hydrogen-bond donors (Lipinski definition) is 2. The number of rotatable bonds is 2. The number of piperazine rings is 1. The second kappa shape index (κ2) is 3.81. The summed E-state index contributed by atoms with van der Waals surface area (Å²) >= 11 is 0. The number of carboxylic acid groups (broad SMARTS) is 1. The number of aliphatic carboxylic acids is 1. The summed E-state index contributed by atoms with van der Waals surface area (Å²) in [6.45, 7) is 2.74. The van der Waals surface area contributed by atoms with E-state index in [2.05, 4.69) is 5.32 Å². The van der Waals surface area contributed by atoms with Gasteiger partial charge in [0.15, 0.2) is 6.04 Å². The predicted molar refractivity (Wildman–Crippen MR) is 53.4 cm³/mol. The highest BCUT2D eigenvalue weighted by Gasteiger charge is 2.46. The number of carboxylic acids is 1. The van der Waals surface area contributed by atoms with E-state index >= 15 is 0 Å². The van der Waals surface area contributed by atoms with E-state index in [0.717, 1.165) is 25.8 Å². The molecule has 2 aliphatic rings. The molecule has 5 nitrogen and oxygen atoms in total. The highest BCUT2D eigenvalue weighted by molar-refractivity contribution is 6.02. The van der Waals surface area contributed by atoms with Crippen LogP contribution in [0.25, 0.3) is 0 Å². The normalized spacial score (nSPS) is 36.1. The predicted octanol–water partition coefficient (Wildman–Crippen LogP) is -0.188. The Morgan fingerprint density at radius 2 is 2.40 bits per heavy atom. The van der Waals surface area contributed by atoms with Crippen molar-refractivity contribution in [2.45, 2.75) is 44.3 Å². The van der Waals surface area contributed by atoms with E-state index in [4.69, 9.17) is 5.11 Å². The van der Waals surface area contributed by atoms with Crippen LogP contribution in [-0.4, -0.2) is 46.6 Å². The second-order valence-corrected chi connectivity index (χ2v) is 4.21. The van der Waals surface area contributed by atoms with Crippen molar-refractivity contribution >= 4 is 11.9 Å². The Morgan fingerprint density at radius 1 is 1.67 bits per heavy atom. The molecule has 84 valence electrons. The van der Waals surface area contributed by atoms with E-state index < -0.39 is 12.0 Å². The van der Waals surface area contributed by atoms with Crippen LogP contribution in [0.4, 0.5) is 0 Å². The Morgan fingerprint density at radius 3 is 3.00 bits per heavy atom. The third-order valence-corrected chi connectivity index (χ3v) is 3.39. The summed E-state index contributed by atoms with van der Waals surface area (Å²) in [5, 5.41) is 11.8. The van der Waals surface area contributed by atoms with Crippen LogP contribution in [0, 0.1) is 0 Å². The molecule has 0 aromatic carbocycles. The second-order valence-electron chi connectivity index (χ2n) is 4.21. The van der Waals surface area contributed by atoms with E-state index in [1.807, 2.05) is 11.8 Å². The smallest absolute Gasteiger partial charge is 0.330 e. The number of hydrogen-bond acceptors (Lipinski definition) is 3. The first-order valence-electron chi connectivity index (χ1n) is 5.44. The average Bonchev–Trinajstić information content (AvgIpc) is 2.63. The fourth-order valence-corrected chi connectivity index (χ4v) is 2.70. The molecule has 2 aliphatic heterocycles. The van der Waals surface area contributed by atoms with E-state index in [9.17, 15) is 9.59 Å². The quantitative estimate of drug-likeness (QED) is 0.623. The fourth-order valence-electron chi connectivity index (χ4n) is 2.70. The van der Waals surface area contributed by atoms with Gasteiger partial charge in [-0.2, -0.15) is 0 Å². The topological polar surface area (TPSA) is 69.6 Å². The Bertz CT molecular complexity index is 292. The van der Waals surface area contributed by atoms with Crippen molar-refractivity contribution in [1.29, 1.82) is 0 Å². The SMILES string of the molecule is CCC1NC(=O)C(C(=O)O)N2CCC[C@@H]12. The first-order chi connectivity index (χ1) is 7.15. The Labute approximate surface area is 88.4 Å². The molecule has 2 unspecified atom stereocenters. The lowest BCUT2D eigenvalue weighted by molar-refractivity contribution is -0.152. The molecule has 1 amide bonds. The van der Waals surface area contributed by atoms with Gasteiger partial charge in [0.05, 0.1) is 0 Å². The Balaban J connectivity index is 2.23. The van der Waals surface area contributed by atoms with Gasteiger partial charge in [-0.3, -0.25) is 9.69 Å². The van der Waals surface area contributed by atoms with Gasteiger partial charge in [0.1, 0.15) is 0 Å². The van der Waals surface area contributed by atoms with Gasteiger partial charge in [-0.05, 0) is 25.8 Å². The maximum atomic E-state index is 11.6. The van der Waals surface area contributed by atoms with Crippen LogP contribution in [0.2, 0.25) is 0 Å². The van der Waals surface area contributed by atoms with Gasteiger partial charge in [0.25, 0.3) is 0 Å². The Hall–Kier alpha value is -1.10. The summed E-state index contributed by atoms with van der Waals surface area (Å²) in [7, 11) is 0. The zero-order valence-electron chi connectivity index (χ0n) is 8.77. The molecular formula is C10H16N2O3. The molecule has 3 atom stereocenters. The maximum absolute atomic E-state index is 11.6. The van der Waals surface area contributed by atoms with Crippen molar-refractivity contribution in [3.8, 4) is 0 Å². The number of carbonyl (C=O) groups is 2. The fraction of sp³-hybridized carbons (Fsp3) is 0.800. The van der Waals surface area contributed by atoms with Crippen molar-refractivity contribution in [2.75, 3.05) is 6.54 Å². The van der Waals surface area contributed by atoms with Crippen molar-refractivity contribution in [3.05, 3.63) is 0 Å². The third-order valence-electron chi connectivity index (χ3n) is 3.39. The summed E-state index contributed by atoms with van der Waals surface area (Å²) in [5.41, 5.74) is 0. The first-order valence-corrected chi connectivity index (χ1v) is 5.44. The molecule has 0 aliphatic carbocycles. The minimum atomic E-state index is -1.03. The van der Waals surface area contributed by atoms with Crippen molar-refractivity contribution < 1.29 is 14.7 Å². The minimum Gasteiger partial charge on any atom is -0.480 e. The van der Waals surface area contributed by atoms with Crippen LogP contribution in [0.15, 0.2) is 0 Å². The lowest BCUT2D eigenvalue weighted by atomic mass is 9.98. The molecule has 0 aromatic heterocycles. The summed E-state index contributed by atoms with van der Waals surface area (Å²) in [6.07, 6.45) is 2.84. The molecule has 5 heteroatoms. The third kappa shape index (κ3) is 1.61. The molecule has 2 saturated heterocycles. The summed E-state index contributed by atoms with van der Waals surface area (Å²) < 4.78 is 0. The number of nitrogens with zero attached hydrogens (tertiary/aromatic N) is 1. The molecule has 15 heavy (non-hydrogen) atoms. The molecule has 2 N–H and O–H groups in total. The lowest BCUT2D eigenvalue weighted by Crippen LogP contribution is -2.65. The van der Waals surface area contributed by atoms with Gasteiger partial charge < -0.3 is 10.4 Å². The van der Waals surface area contributed by atoms with Crippen molar-refractivity contribution in [1.82, 2.24) is 10.2 Å². The van der Waals surface area contributed by atoms with E-state index in [0.29, 0.717) is 0 Å². The van der Waals surface area contributed by atoms with Gasteiger partial charge in [-0.25, -0.2) is 4.79 Å². The van der Waals surface area contributed by atoms with E-state index in [-0.39, 0.29) is 18.0 Å². The monoisotopic (exact) mass is 212 g/mol.